The molecule has 0 bridgehead atoms. The molecular weight excluding hydrogens is 206 g/mol. The third-order valence-electron chi connectivity index (χ3n) is 2.34. The normalized spacial score (nSPS) is 22.9. The number of hydrogen-bond donors (Lipinski definition) is 3. The van der Waals surface area contributed by atoms with E-state index in [-0.39, 0.29) is 13.0 Å². The monoisotopic (exact) mass is 217 g/mol. The molecule has 1 heterocycles. The molecule has 0 aromatic carbocycles. The van der Waals surface area contributed by atoms with E-state index in [1.54, 1.807) is 0 Å². The number of carboxylic acids is 2. The zero-order valence-corrected chi connectivity index (χ0v) is 7.79. The van der Waals surface area contributed by atoms with E-state index in [9.17, 15) is 14.4 Å². The summed E-state index contributed by atoms with van der Waals surface area (Å²) in [6, 6.07) is -1.35. The SMILES string of the molecule is O=C(O)C1CC(=O)N([C@@H](CO)C(=O)O)C1. The average molecular weight is 217 g/mol. The topological polar surface area (TPSA) is 115 Å². The number of carbonyl (C=O) groups is 3. The Morgan fingerprint density at radius 2 is 2.07 bits per heavy atom. The first kappa shape index (κ1) is 11.4. The van der Waals surface area contributed by atoms with Gasteiger partial charge in [0.05, 0.1) is 12.5 Å². The summed E-state index contributed by atoms with van der Waals surface area (Å²) in [6.07, 6.45) is -0.209. The number of carbonyl (C=O) groups excluding carboxylic acids is 1. The molecule has 1 rings (SSSR count). The second kappa shape index (κ2) is 4.26. The first-order valence-electron chi connectivity index (χ1n) is 4.33. The van der Waals surface area contributed by atoms with Crippen molar-refractivity contribution in [2.24, 2.45) is 5.92 Å². The highest BCUT2D eigenvalue weighted by Crippen LogP contribution is 2.20. The number of aliphatic hydroxyl groups is 1. The smallest absolute Gasteiger partial charge is 0.328 e. The summed E-state index contributed by atoms with van der Waals surface area (Å²) >= 11 is 0. The summed E-state index contributed by atoms with van der Waals surface area (Å²) in [5, 5.41) is 26.1. The van der Waals surface area contributed by atoms with Crippen LogP contribution < -0.4 is 0 Å². The Labute approximate surface area is 84.9 Å². The lowest BCUT2D eigenvalue weighted by Crippen LogP contribution is -2.44. The van der Waals surface area contributed by atoms with Crippen molar-refractivity contribution < 1.29 is 29.7 Å². The zero-order valence-electron chi connectivity index (χ0n) is 7.79. The van der Waals surface area contributed by atoms with Crippen molar-refractivity contribution in [2.45, 2.75) is 12.5 Å². The molecule has 1 fully saturated rings. The standard InChI is InChI=1S/C8H11NO6/c10-3-5(8(14)15)9-2-4(7(12)13)1-6(9)11/h4-5,10H,1-3H2,(H,12,13)(H,14,15)/t4?,5-/m0/s1. The first-order valence-corrected chi connectivity index (χ1v) is 4.33. The van der Waals surface area contributed by atoms with Crippen molar-refractivity contribution in [1.29, 1.82) is 0 Å². The Morgan fingerprint density at radius 1 is 1.47 bits per heavy atom. The minimum absolute atomic E-state index is 0.161. The van der Waals surface area contributed by atoms with Crippen LogP contribution in [-0.2, 0) is 14.4 Å². The summed E-state index contributed by atoms with van der Waals surface area (Å²) < 4.78 is 0. The van der Waals surface area contributed by atoms with Gasteiger partial charge in [-0.1, -0.05) is 0 Å². The van der Waals surface area contributed by atoms with Crippen LogP contribution in [0, 0.1) is 5.92 Å². The second-order valence-electron chi connectivity index (χ2n) is 3.32. The maximum atomic E-state index is 11.3. The van der Waals surface area contributed by atoms with Crippen molar-refractivity contribution in [1.82, 2.24) is 4.90 Å². The number of aliphatic hydroxyl groups excluding tert-OH is 1. The Morgan fingerprint density at radius 3 is 2.40 bits per heavy atom. The quantitative estimate of drug-likeness (QED) is 0.520. The van der Waals surface area contributed by atoms with Crippen LogP contribution >= 0.6 is 0 Å². The van der Waals surface area contributed by atoms with Crippen molar-refractivity contribution in [3.05, 3.63) is 0 Å². The molecule has 1 aliphatic rings. The molecule has 0 aromatic heterocycles. The number of likely N-dealkylation sites (tertiary alicyclic amines) is 1. The van der Waals surface area contributed by atoms with Gasteiger partial charge in [0.15, 0.2) is 6.04 Å². The number of amides is 1. The van der Waals surface area contributed by atoms with E-state index in [4.69, 9.17) is 15.3 Å². The predicted octanol–water partition coefficient (Wildman–Crippen LogP) is -1.63. The largest absolute Gasteiger partial charge is 0.481 e. The third-order valence-corrected chi connectivity index (χ3v) is 2.34. The lowest BCUT2D eigenvalue weighted by atomic mass is 10.1. The molecular formula is C8H11NO6. The fourth-order valence-corrected chi connectivity index (χ4v) is 1.51. The van der Waals surface area contributed by atoms with Crippen molar-refractivity contribution >= 4 is 17.8 Å². The number of hydrogen-bond acceptors (Lipinski definition) is 4. The summed E-state index contributed by atoms with van der Waals surface area (Å²) in [5.74, 6) is -3.90. The van der Waals surface area contributed by atoms with Crippen LogP contribution in [0.2, 0.25) is 0 Å². The van der Waals surface area contributed by atoms with E-state index in [1.165, 1.54) is 0 Å². The van der Waals surface area contributed by atoms with Crippen molar-refractivity contribution in [3.63, 3.8) is 0 Å². The first-order chi connectivity index (χ1) is 6.97. The average Bonchev–Trinajstić information content (AvgIpc) is 2.49. The molecule has 7 nitrogen and oxygen atoms in total. The predicted molar refractivity (Wildman–Crippen MR) is 46.0 cm³/mol. The van der Waals surface area contributed by atoms with Crippen molar-refractivity contribution in [2.75, 3.05) is 13.2 Å². The van der Waals surface area contributed by atoms with Gasteiger partial charge in [0, 0.05) is 13.0 Å². The molecule has 0 aliphatic carbocycles. The lowest BCUT2D eigenvalue weighted by Gasteiger charge is -2.22. The number of aliphatic carboxylic acids is 2. The molecule has 3 N–H and O–H groups in total. The molecule has 1 unspecified atom stereocenters. The summed E-state index contributed by atoms with van der Waals surface area (Å²) in [7, 11) is 0. The maximum absolute atomic E-state index is 11.3. The van der Waals surface area contributed by atoms with Crippen LogP contribution in [0.25, 0.3) is 0 Å². The molecule has 0 spiro atoms. The van der Waals surface area contributed by atoms with E-state index >= 15 is 0 Å². The molecule has 2 atom stereocenters. The van der Waals surface area contributed by atoms with Gasteiger partial charge >= 0.3 is 11.9 Å². The van der Waals surface area contributed by atoms with Gasteiger partial charge in [-0.25, -0.2) is 4.79 Å². The highest BCUT2D eigenvalue weighted by atomic mass is 16.4. The van der Waals surface area contributed by atoms with E-state index in [0.717, 1.165) is 4.90 Å². The van der Waals surface area contributed by atoms with Gasteiger partial charge in [-0.15, -0.1) is 0 Å². The molecule has 1 amide bonds. The van der Waals surface area contributed by atoms with Gasteiger partial charge < -0.3 is 20.2 Å². The van der Waals surface area contributed by atoms with Crippen LogP contribution in [0.3, 0.4) is 0 Å². The van der Waals surface area contributed by atoms with Crippen molar-refractivity contribution in [3.8, 4) is 0 Å². The van der Waals surface area contributed by atoms with Crippen LogP contribution in [0.1, 0.15) is 6.42 Å². The van der Waals surface area contributed by atoms with Crippen LogP contribution in [-0.4, -0.2) is 57.3 Å². The Kier molecular flexibility index (Phi) is 3.25. The number of nitrogens with zero attached hydrogens (tertiary/aromatic N) is 1. The molecule has 1 saturated heterocycles. The minimum atomic E-state index is -1.35. The second-order valence-corrected chi connectivity index (χ2v) is 3.32. The highest BCUT2D eigenvalue weighted by Gasteiger charge is 2.40. The minimum Gasteiger partial charge on any atom is -0.481 e. The van der Waals surface area contributed by atoms with E-state index in [1.807, 2.05) is 0 Å². The van der Waals surface area contributed by atoms with E-state index in [2.05, 4.69) is 0 Å². The lowest BCUT2D eigenvalue weighted by molar-refractivity contribution is -0.150. The number of rotatable bonds is 4. The maximum Gasteiger partial charge on any atom is 0.328 e. The fourth-order valence-electron chi connectivity index (χ4n) is 1.51. The Bertz CT molecular complexity index is 302. The molecule has 1 aliphatic heterocycles. The van der Waals surface area contributed by atoms with Gasteiger partial charge in [0.2, 0.25) is 5.91 Å². The van der Waals surface area contributed by atoms with Gasteiger partial charge in [-0.2, -0.15) is 0 Å². The Balaban J connectivity index is 2.75. The zero-order chi connectivity index (χ0) is 11.6. The van der Waals surface area contributed by atoms with Gasteiger partial charge in [0.1, 0.15) is 0 Å². The summed E-state index contributed by atoms with van der Waals surface area (Å²) in [6.45, 7) is -0.876. The Hall–Kier alpha value is -1.63. The summed E-state index contributed by atoms with van der Waals surface area (Å²) in [5.41, 5.74) is 0. The molecule has 0 aromatic rings. The molecule has 84 valence electrons. The molecule has 0 radical (unpaired) electrons. The highest BCUT2D eigenvalue weighted by molar-refractivity contribution is 5.89. The van der Waals surface area contributed by atoms with Crippen LogP contribution in [0.15, 0.2) is 0 Å². The summed E-state index contributed by atoms with van der Waals surface area (Å²) in [4.78, 5) is 33.4. The molecule has 0 saturated carbocycles. The third kappa shape index (κ3) is 2.24. The van der Waals surface area contributed by atoms with Gasteiger partial charge in [-0.3, -0.25) is 9.59 Å². The van der Waals surface area contributed by atoms with Crippen LogP contribution in [0.4, 0.5) is 0 Å². The molecule has 15 heavy (non-hydrogen) atoms. The van der Waals surface area contributed by atoms with E-state index in [0.29, 0.717) is 0 Å². The molecule has 7 heteroatoms. The van der Waals surface area contributed by atoms with Gasteiger partial charge in [-0.05, 0) is 0 Å². The van der Waals surface area contributed by atoms with E-state index < -0.39 is 36.4 Å². The van der Waals surface area contributed by atoms with Crippen LogP contribution in [0.5, 0.6) is 0 Å². The number of carboxylic acid groups (broad SMARTS) is 2. The van der Waals surface area contributed by atoms with Gasteiger partial charge in [0.25, 0.3) is 0 Å². The fraction of sp³-hybridized carbons (Fsp3) is 0.625.